The van der Waals surface area contributed by atoms with Gasteiger partial charge in [-0.2, -0.15) is 5.10 Å². The maximum atomic E-state index is 12.5. The van der Waals surface area contributed by atoms with Gasteiger partial charge in [-0.15, -0.1) is 0 Å². The van der Waals surface area contributed by atoms with E-state index in [2.05, 4.69) is 32.5 Å². The molecule has 26 heavy (non-hydrogen) atoms. The zero-order valence-corrected chi connectivity index (χ0v) is 15.9. The Hall–Kier alpha value is -2.47. The van der Waals surface area contributed by atoms with Gasteiger partial charge in [0.2, 0.25) is 11.8 Å². The highest BCUT2D eigenvalue weighted by atomic mass is 79.9. The average Bonchev–Trinajstić information content (AvgIpc) is 2.67. The molecule has 134 valence electrons. The van der Waals surface area contributed by atoms with Crippen LogP contribution in [-0.2, 0) is 16.0 Å². The second-order valence-electron chi connectivity index (χ2n) is 6.12. The number of hydrogen-bond donors (Lipinski definition) is 1. The van der Waals surface area contributed by atoms with Crippen LogP contribution in [0.4, 0.5) is 5.69 Å². The lowest BCUT2D eigenvalue weighted by Crippen LogP contribution is -2.36. The fourth-order valence-electron chi connectivity index (χ4n) is 2.93. The van der Waals surface area contributed by atoms with Crippen LogP contribution in [0, 0.1) is 0 Å². The molecule has 6 heteroatoms. The highest BCUT2D eigenvalue weighted by Crippen LogP contribution is 2.27. The molecule has 0 bridgehead atoms. The standard InChI is InChI=1S/C20H20BrN3O2/c21-17-9-7-15(8-10-17)14-22-23-19(25)11-12-20(26)24-13-3-5-16-4-1-2-6-18(16)24/h1-2,4,6-10,14H,3,5,11-13H2,(H,23,25). The Morgan fingerprint density at radius 2 is 1.88 bits per heavy atom. The first kappa shape index (κ1) is 18.3. The zero-order valence-electron chi connectivity index (χ0n) is 14.3. The molecule has 0 spiro atoms. The van der Waals surface area contributed by atoms with E-state index in [1.54, 1.807) is 11.1 Å². The minimum Gasteiger partial charge on any atom is -0.312 e. The molecule has 3 rings (SSSR count). The van der Waals surface area contributed by atoms with E-state index in [4.69, 9.17) is 0 Å². The van der Waals surface area contributed by atoms with Gasteiger partial charge in [-0.1, -0.05) is 46.3 Å². The van der Waals surface area contributed by atoms with Crippen molar-refractivity contribution in [2.75, 3.05) is 11.4 Å². The van der Waals surface area contributed by atoms with E-state index in [-0.39, 0.29) is 24.7 Å². The number of nitrogens with zero attached hydrogens (tertiary/aromatic N) is 2. The molecule has 2 aromatic rings. The molecular weight excluding hydrogens is 394 g/mol. The molecule has 5 nitrogen and oxygen atoms in total. The lowest BCUT2D eigenvalue weighted by Gasteiger charge is -2.29. The molecule has 1 N–H and O–H groups in total. The minimum atomic E-state index is -0.267. The van der Waals surface area contributed by atoms with Gasteiger partial charge in [0.15, 0.2) is 0 Å². The van der Waals surface area contributed by atoms with Crippen molar-refractivity contribution >= 4 is 39.6 Å². The molecule has 1 heterocycles. The summed E-state index contributed by atoms with van der Waals surface area (Å²) < 4.78 is 0.983. The van der Waals surface area contributed by atoms with Crippen LogP contribution in [0.25, 0.3) is 0 Å². The Bertz CT molecular complexity index is 818. The number of carbonyl (C=O) groups is 2. The van der Waals surface area contributed by atoms with Crippen molar-refractivity contribution in [3.8, 4) is 0 Å². The number of nitrogens with one attached hydrogen (secondary N) is 1. The van der Waals surface area contributed by atoms with Gasteiger partial charge in [-0.25, -0.2) is 5.43 Å². The molecule has 1 aliphatic rings. The van der Waals surface area contributed by atoms with Crippen LogP contribution < -0.4 is 10.3 Å². The maximum absolute atomic E-state index is 12.5. The van der Waals surface area contributed by atoms with Crippen LogP contribution in [0.3, 0.4) is 0 Å². The lowest BCUT2D eigenvalue weighted by atomic mass is 10.0. The van der Waals surface area contributed by atoms with Gasteiger partial charge in [0.05, 0.1) is 6.21 Å². The van der Waals surface area contributed by atoms with E-state index in [1.165, 1.54) is 5.56 Å². The summed E-state index contributed by atoms with van der Waals surface area (Å²) in [6.45, 7) is 0.708. The lowest BCUT2D eigenvalue weighted by molar-refractivity contribution is -0.125. The molecule has 2 aromatic carbocycles. The largest absolute Gasteiger partial charge is 0.312 e. The summed E-state index contributed by atoms with van der Waals surface area (Å²) in [5.41, 5.74) is 5.52. The number of aryl methyl sites for hydroxylation is 1. The fraction of sp³-hybridized carbons (Fsp3) is 0.250. The smallest absolute Gasteiger partial charge is 0.240 e. The first-order chi connectivity index (χ1) is 12.6. The number of carbonyl (C=O) groups excluding carboxylic acids is 2. The first-order valence-electron chi connectivity index (χ1n) is 8.59. The molecular formula is C20H20BrN3O2. The van der Waals surface area contributed by atoms with E-state index in [0.29, 0.717) is 6.54 Å². The quantitative estimate of drug-likeness (QED) is 0.600. The Morgan fingerprint density at radius 1 is 1.12 bits per heavy atom. The molecule has 0 saturated carbocycles. The third kappa shape index (κ3) is 4.79. The Kier molecular flexibility index (Phi) is 6.17. The molecule has 0 saturated heterocycles. The van der Waals surface area contributed by atoms with Gasteiger partial charge < -0.3 is 4.90 Å². The maximum Gasteiger partial charge on any atom is 0.240 e. The van der Waals surface area contributed by atoms with Gasteiger partial charge in [-0.3, -0.25) is 9.59 Å². The number of hydrazone groups is 1. The SMILES string of the molecule is O=C(CCC(=O)N1CCCc2ccccc21)NN=Cc1ccc(Br)cc1. The summed E-state index contributed by atoms with van der Waals surface area (Å²) in [5.74, 6) is -0.291. The normalized spacial score (nSPS) is 13.5. The number of halogens is 1. The molecule has 0 unspecified atom stereocenters. The predicted octanol–water partition coefficient (Wildman–Crippen LogP) is 3.66. The molecule has 0 atom stereocenters. The van der Waals surface area contributed by atoms with E-state index < -0.39 is 0 Å². The fourth-order valence-corrected chi connectivity index (χ4v) is 3.20. The highest BCUT2D eigenvalue weighted by molar-refractivity contribution is 9.10. The van der Waals surface area contributed by atoms with Crippen molar-refractivity contribution in [2.24, 2.45) is 5.10 Å². The highest BCUT2D eigenvalue weighted by Gasteiger charge is 2.22. The summed E-state index contributed by atoms with van der Waals surface area (Å²) in [4.78, 5) is 26.2. The molecule has 0 aliphatic carbocycles. The summed E-state index contributed by atoms with van der Waals surface area (Å²) >= 11 is 3.36. The van der Waals surface area contributed by atoms with Crippen LogP contribution in [0.2, 0.25) is 0 Å². The third-order valence-electron chi connectivity index (χ3n) is 4.25. The van der Waals surface area contributed by atoms with Gasteiger partial charge in [0, 0.05) is 29.5 Å². The van der Waals surface area contributed by atoms with Crippen molar-refractivity contribution in [3.63, 3.8) is 0 Å². The van der Waals surface area contributed by atoms with E-state index >= 15 is 0 Å². The number of hydrogen-bond acceptors (Lipinski definition) is 3. The molecule has 0 radical (unpaired) electrons. The number of fused-ring (bicyclic) bond motifs is 1. The second-order valence-corrected chi connectivity index (χ2v) is 7.04. The predicted molar refractivity (Wildman–Crippen MR) is 106 cm³/mol. The Labute approximate surface area is 161 Å². The van der Waals surface area contributed by atoms with Crippen molar-refractivity contribution in [3.05, 3.63) is 64.1 Å². The van der Waals surface area contributed by atoms with Gasteiger partial charge in [0.1, 0.15) is 0 Å². The van der Waals surface area contributed by atoms with Crippen LogP contribution in [0.1, 0.15) is 30.4 Å². The Morgan fingerprint density at radius 3 is 2.69 bits per heavy atom. The number of amides is 2. The molecule has 0 fully saturated rings. The number of benzene rings is 2. The van der Waals surface area contributed by atoms with E-state index in [0.717, 1.165) is 28.6 Å². The number of anilines is 1. The second kappa shape index (κ2) is 8.76. The van der Waals surface area contributed by atoms with Crippen LogP contribution >= 0.6 is 15.9 Å². The zero-order chi connectivity index (χ0) is 18.4. The first-order valence-corrected chi connectivity index (χ1v) is 9.38. The van der Waals surface area contributed by atoms with E-state index in [9.17, 15) is 9.59 Å². The third-order valence-corrected chi connectivity index (χ3v) is 4.78. The molecule has 1 aliphatic heterocycles. The van der Waals surface area contributed by atoms with Gasteiger partial charge >= 0.3 is 0 Å². The van der Waals surface area contributed by atoms with Gasteiger partial charge in [0.25, 0.3) is 0 Å². The minimum absolute atomic E-state index is 0.0239. The Balaban J connectivity index is 1.49. The van der Waals surface area contributed by atoms with Crippen molar-refractivity contribution < 1.29 is 9.59 Å². The monoisotopic (exact) mass is 413 g/mol. The van der Waals surface area contributed by atoms with Crippen LogP contribution in [0.15, 0.2) is 58.1 Å². The molecule has 2 amide bonds. The summed E-state index contributed by atoms with van der Waals surface area (Å²) in [7, 11) is 0. The number of rotatable bonds is 5. The average molecular weight is 414 g/mol. The van der Waals surface area contributed by atoms with Crippen molar-refractivity contribution in [2.45, 2.75) is 25.7 Å². The van der Waals surface area contributed by atoms with Gasteiger partial charge in [-0.05, 0) is 42.2 Å². The van der Waals surface area contributed by atoms with Crippen molar-refractivity contribution in [1.82, 2.24) is 5.43 Å². The van der Waals surface area contributed by atoms with E-state index in [1.807, 2.05) is 42.5 Å². The number of para-hydroxylation sites is 1. The molecule has 0 aromatic heterocycles. The summed E-state index contributed by atoms with van der Waals surface area (Å²) in [5, 5.41) is 3.93. The summed E-state index contributed by atoms with van der Waals surface area (Å²) in [6, 6.07) is 15.5. The van der Waals surface area contributed by atoms with Crippen LogP contribution in [0.5, 0.6) is 0 Å². The summed E-state index contributed by atoms with van der Waals surface area (Å²) in [6.07, 6.45) is 3.81. The topological polar surface area (TPSA) is 61.8 Å². The van der Waals surface area contributed by atoms with Crippen LogP contribution in [-0.4, -0.2) is 24.6 Å². The van der Waals surface area contributed by atoms with Crippen molar-refractivity contribution in [1.29, 1.82) is 0 Å².